The minimum Gasteiger partial charge on any atom is -0.351 e. The van der Waals surface area contributed by atoms with Gasteiger partial charge in [-0.3, -0.25) is 9.69 Å². The summed E-state index contributed by atoms with van der Waals surface area (Å²) < 4.78 is 23.2. The van der Waals surface area contributed by atoms with E-state index >= 15 is 0 Å². The van der Waals surface area contributed by atoms with Crippen LogP contribution in [0.4, 0.5) is 0 Å². The van der Waals surface area contributed by atoms with E-state index in [1.54, 1.807) is 0 Å². The monoisotopic (exact) mass is 303 g/mol. The lowest BCUT2D eigenvalue weighted by atomic mass is 9.99. The van der Waals surface area contributed by atoms with E-state index in [1.807, 2.05) is 13.8 Å². The van der Waals surface area contributed by atoms with Gasteiger partial charge in [0.05, 0.1) is 17.0 Å². The third kappa shape index (κ3) is 3.71. The number of nitrogens with zero attached hydrogens (tertiary/aromatic N) is 1. The van der Waals surface area contributed by atoms with E-state index in [9.17, 15) is 13.2 Å². The number of amides is 1. The Morgan fingerprint density at radius 1 is 1.30 bits per heavy atom. The van der Waals surface area contributed by atoms with E-state index in [0.29, 0.717) is 6.42 Å². The number of hydrogen-bond donors (Lipinski definition) is 2. The molecule has 0 aromatic rings. The van der Waals surface area contributed by atoms with Crippen LogP contribution in [0, 0.1) is 0 Å². The molecule has 2 aliphatic heterocycles. The Balaban J connectivity index is 1.96. The topological polar surface area (TPSA) is 78.5 Å². The zero-order valence-electron chi connectivity index (χ0n) is 12.3. The summed E-state index contributed by atoms with van der Waals surface area (Å²) in [5.74, 6) is 0.262. The van der Waals surface area contributed by atoms with Crippen molar-refractivity contribution in [1.82, 2.24) is 15.5 Å². The van der Waals surface area contributed by atoms with Crippen LogP contribution in [0.5, 0.6) is 0 Å². The fraction of sp³-hybridized carbons (Fsp3) is 0.923. The molecule has 20 heavy (non-hydrogen) atoms. The van der Waals surface area contributed by atoms with Gasteiger partial charge in [-0.05, 0) is 26.7 Å². The highest BCUT2D eigenvalue weighted by Gasteiger charge is 2.37. The number of rotatable bonds is 3. The van der Waals surface area contributed by atoms with E-state index in [0.717, 1.165) is 32.6 Å². The predicted molar refractivity (Wildman–Crippen MR) is 78.3 cm³/mol. The van der Waals surface area contributed by atoms with Crippen molar-refractivity contribution in [2.45, 2.75) is 38.3 Å². The standard InChI is InChI=1S/C13H25N3O3S/c1-13(2,16-7-5-14-6-8-16)12(17)15-11-4-3-9-20(18,19)10-11/h11,14H,3-10H2,1-2H3,(H,15,17). The molecule has 0 aliphatic carbocycles. The summed E-state index contributed by atoms with van der Waals surface area (Å²) in [5, 5.41) is 6.20. The maximum absolute atomic E-state index is 12.5. The van der Waals surface area contributed by atoms with Gasteiger partial charge in [-0.2, -0.15) is 0 Å². The van der Waals surface area contributed by atoms with Crippen LogP contribution in [-0.2, 0) is 14.6 Å². The highest BCUT2D eigenvalue weighted by molar-refractivity contribution is 7.91. The summed E-state index contributed by atoms with van der Waals surface area (Å²) in [7, 11) is -2.99. The predicted octanol–water partition coefficient (Wildman–Crippen LogP) is -0.636. The number of carbonyl (C=O) groups excluding carboxylic acids is 1. The molecule has 0 spiro atoms. The van der Waals surface area contributed by atoms with Gasteiger partial charge < -0.3 is 10.6 Å². The summed E-state index contributed by atoms with van der Waals surface area (Å²) in [5.41, 5.74) is -0.594. The molecule has 0 aromatic carbocycles. The molecule has 2 N–H and O–H groups in total. The first-order valence-electron chi connectivity index (χ1n) is 7.28. The largest absolute Gasteiger partial charge is 0.351 e. The third-order valence-corrected chi connectivity index (χ3v) is 6.08. The van der Waals surface area contributed by atoms with E-state index in [1.165, 1.54) is 0 Å². The first-order valence-corrected chi connectivity index (χ1v) is 9.10. The molecule has 0 aromatic heterocycles. The first-order chi connectivity index (χ1) is 9.31. The van der Waals surface area contributed by atoms with Crippen molar-refractivity contribution in [1.29, 1.82) is 0 Å². The number of hydrogen-bond acceptors (Lipinski definition) is 5. The van der Waals surface area contributed by atoms with E-state index in [-0.39, 0.29) is 23.5 Å². The molecule has 2 heterocycles. The van der Waals surface area contributed by atoms with Crippen molar-refractivity contribution >= 4 is 15.7 Å². The summed E-state index contributed by atoms with van der Waals surface area (Å²) in [4.78, 5) is 14.6. The van der Waals surface area contributed by atoms with Gasteiger partial charge in [0.1, 0.15) is 0 Å². The number of sulfone groups is 1. The molecule has 0 radical (unpaired) electrons. The quantitative estimate of drug-likeness (QED) is 0.725. The summed E-state index contributed by atoms with van der Waals surface area (Å²) in [6.07, 6.45) is 1.39. The van der Waals surface area contributed by atoms with Gasteiger partial charge in [0.15, 0.2) is 9.84 Å². The van der Waals surface area contributed by atoms with E-state index in [2.05, 4.69) is 15.5 Å². The van der Waals surface area contributed by atoms with Crippen molar-refractivity contribution in [3.05, 3.63) is 0 Å². The second-order valence-electron chi connectivity index (χ2n) is 6.22. The zero-order valence-corrected chi connectivity index (χ0v) is 13.1. The Hall–Kier alpha value is -0.660. The lowest BCUT2D eigenvalue weighted by Crippen LogP contribution is -2.61. The Labute approximate surface area is 121 Å². The van der Waals surface area contributed by atoms with Gasteiger partial charge in [0, 0.05) is 32.2 Å². The molecule has 1 atom stereocenters. The van der Waals surface area contributed by atoms with Crippen LogP contribution in [0.15, 0.2) is 0 Å². The van der Waals surface area contributed by atoms with Crippen molar-refractivity contribution < 1.29 is 13.2 Å². The van der Waals surface area contributed by atoms with Gasteiger partial charge in [0.2, 0.25) is 5.91 Å². The van der Waals surface area contributed by atoms with Gasteiger partial charge in [0.25, 0.3) is 0 Å². The Morgan fingerprint density at radius 2 is 1.95 bits per heavy atom. The molecule has 2 saturated heterocycles. The van der Waals surface area contributed by atoms with Crippen LogP contribution in [0.25, 0.3) is 0 Å². The normalized spacial score (nSPS) is 28.0. The molecule has 1 unspecified atom stereocenters. The van der Waals surface area contributed by atoms with Crippen molar-refractivity contribution in [3.63, 3.8) is 0 Å². The molecular weight excluding hydrogens is 278 g/mol. The maximum Gasteiger partial charge on any atom is 0.240 e. The minimum atomic E-state index is -2.99. The van der Waals surface area contributed by atoms with E-state index < -0.39 is 15.4 Å². The summed E-state index contributed by atoms with van der Waals surface area (Å²) >= 11 is 0. The lowest BCUT2D eigenvalue weighted by Gasteiger charge is -2.40. The van der Waals surface area contributed by atoms with Crippen LogP contribution in [0.3, 0.4) is 0 Å². The molecular formula is C13H25N3O3S. The molecule has 2 aliphatic rings. The molecule has 2 rings (SSSR count). The highest BCUT2D eigenvalue weighted by atomic mass is 32.2. The third-order valence-electron chi connectivity index (χ3n) is 4.26. The highest BCUT2D eigenvalue weighted by Crippen LogP contribution is 2.18. The molecule has 1 amide bonds. The Kier molecular flexibility index (Phi) is 4.71. The van der Waals surface area contributed by atoms with Crippen LogP contribution in [-0.4, -0.2) is 68.5 Å². The molecule has 0 bridgehead atoms. The number of piperazine rings is 1. The molecule has 2 fully saturated rings. The van der Waals surface area contributed by atoms with Crippen LogP contribution < -0.4 is 10.6 Å². The van der Waals surface area contributed by atoms with Crippen LogP contribution in [0.2, 0.25) is 0 Å². The number of carbonyl (C=O) groups is 1. The van der Waals surface area contributed by atoms with Crippen molar-refractivity contribution in [3.8, 4) is 0 Å². The fourth-order valence-electron chi connectivity index (χ4n) is 2.87. The van der Waals surface area contributed by atoms with Gasteiger partial charge in [-0.25, -0.2) is 8.42 Å². The van der Waals surface area contributed by atoms with Crippen molar-refractivity contribution in [2.24, 2.45) is 0 Å². The lowest BCUT2D eigenvalue weighted by molar-refractivity contribution is -0.132. The molecule has 6 nitrogen and oxygen atoms in total. The second-order valence-corrected chi connectivity index (χ2v) is 8.45. The second kappa shape index (κ2) is 5.99. The SMILES string of the molecule is CC(C)(C(=O)NC1CCCS(=O)(=O)C1)N1CCNCC1. The zero-order chi connectivity index (χ0) is 14.8. The first kappa shape index (κ1) is 15.7. The Bertz CT molecular complexity index is 455. The Morgan fingerprint density at radius 3 is 2.55 bits per heavy atom. The molecule has 7 heteroatoms. The maximum atomic E-state index is 12.5. The average Bonchev–Trinajstić information content (AvgIpc) is 2.38. The minimum absolute atomic E-state index is 0.0681. The fourth-order valence-corrected chi connectivity index (χ4v) is 4.50. The van der Waals surface area contributed by atoms with Crippen molar-refractivity contribution in [2.75, 3.05) is 37.7 Å². The smallest absolute Gasteiger partial charge is 0.240 e. The summed E-state index contributed by atoms with van der Waals surface area (Å²) in [6, 6.07) is -0.233. The van der Waals surface area contributed by atoms with E-state index in [4.69, 9.17) is 0 Å². The van der Waals surface area contributed by atoms with Gasteiger partial charge in [-0.15, -0.1) is 0 Å². The average molecular weight is 303 g/mol. The summed E-state index contributed by atoms with van der Waals surface area (Å²) in [6.45, 7) is 7.26. The van der Waals surface area contributed by atoms with Crippen LogP contribution in [0.1, 0.15) is 26.7 Å². The van der Waals surface area contributed by atoms with Gasteiger partial charge >= 0.3 is 0 Å². The molecule has 116 valence electrons. The van der Waals surface area contributed by atoms with Crippen LogP contribution >= 0.6 is 0 Å². The number of nitrogens with one attached hydrogen (secondary N) is 2. The van der Waals surface area contributed by atoms with Gasteiger partial charge in [-0.1, -0.05) is 0 Å². The molecule has 0 saturated carbocycles.